The van der Waals surface area contributed by atoms with Crippen LogP contribution in [0, 0.1) is 6.92 Å². The van der Waals surface area contributed by atoms with Gasteiger partial charge in [-0.2, -0.15) is 0 Å². The van der Waals surface area contributed by atoms with E-state index in [1.165, 1.54) is 25.7 Å². The number of anilines is 1. The van der Waals surface area contributed by atoms with Gasteiger partial charge in [0.25, 0.3) is 0 Å². The summed E-state index contributed by atoms with van der Waals surface area (Å²) in [5, 5.41) is 6.08. The Morgan fingerprint density at radius 1 is 1.16 bits per heavy atom. The van der Waals surface area contributed by atoms with Crippen LogP contribution in [0.4, 0.5) is 5.69 Å². The summed E-state index contributed by atoms with van der Waals surface area (Å²) in [6.45, 7) is 5.55. The molecule has 0 spiro atoms. The van der Waals surface area contributed by atoms with Gasteiger partial charge in [0, 0.05) is 5.69 Å². The second-order valence-corrected chi connectivity index (χ2v) is 5.01. The number of benzene rings is 1. The zero-order chi connectivity index (χ0) is 13.9. The molecule has 19 heavy (non-hydrogen) atoms. The lowest BCUT2D eigenvalue weighted by atomic mass is 10.1. The first-order chi connectivity index (χ1) is 9.22. The van der Waals surface area contributed by atoms with Crippen LogP contribution in [0.15, 0.2) is 24.3 Å². The van der Waals surface area contributed by atoms with Crippen LogP contribution in [0.25, 0.3) is 0 Å². The van der Waals surface area contributed by atoms with Crippen molar-refractivity contribution in [2.75, 3.05) is 18.4 Å². The molecule has 0 radical (unpaired) electrons. The summed E-state index contributed by atoms with van der Waals surface area (Å²) in [6.07, 6.45) is 6.28. The van der Waals surface area contributed by atoms with Gasteiger partial charge < -0.3 is 10.6 Å². The molecule has 0 fully saturated rings. The SMILES string of the molecule is CCCCCCCNCC(=O)Nc1cccc(C)c1. The Bertz CT molecular complexity index is 377. The molecule has 2 N–H and O–H groups in total. The summed E-state index contributed by atoms with van der Waals surface area (Å²) in [6, 6.07) is 7.86. The average molecular weight is 262 g/mol. The Labute approximate surface area is 116 Å². The summed E-state index contributed by atoms with van der Waals surface area (Å²) < 4.78 is 0. The largest absolute Gasteiger partial charge is 0.325 e. The van der Waals surface area contributed by atoms with Gasteiger partial charge in [-0.25, -0.2) is 0 Å². The molecule has 106 valence electrons. The van der Waals surface area contributed by atoms with Crippen LogP contribution >= 0.6 is 0 Å². The Balaban J connectivity index is 2.08. The second kappa shape index (κ2) is 9.56. The number of carbonyl (C=O) groups is 1. The standard InChI is InChI=1S/C16H26N2O/c1-3-4-5-6-7-11-17-13-16(19)18-15-10-8-9-14(2)12-15/h8-10,12,17H,3-7,11,13H2,1-2H3,(H,18,19). The van der Waals surface area contributed by atoms with Gasteiger partial charge in [0.1, 0.15) is 0 Å². The van der Waals surface area contributed by atoms with E-state index in [0.29, 0.717) is 6.54 Å². The minimum absolute atomic E-state index is 0.0270. The number of carbonyl (C=O) groups excluding carboxylic acids is 1. The summed E-state index contributed by atoms with van der Waals surface area (Å²) in [7, 11) is 0. The third-order valence-electron chi connectivity index (χ3n) is 3.04. The van der Waals surface area contributed by atoms with E-state index in [-0.39, 0.29) is 5.91 Å². The maximum Gasteiger partial charge on any atom is 0.238 e. The fraction of sp³-hybridized carbons (Fsp3) is 0.562. The first-order valence-electron chi connectivity index (χ1n) is 7.29. The van der Waals surface area contributed by atoms with E-state index in [4.69, 9.17) is 0 Å². The number of aryl methyl sites for hydroxylation is 1. The van der Waals surface area contributed by atoms with E-state index in [0.717, 1.165) is 24.2 Å². The lowest BCUT2D eigenvalue weighted by molar-refractivity contribution is -0.115. The molecule has 0 saturated carbocycles. The Morgan fingerprint density at radius 2 is 1.95 bits per heavy atom. The van der Waals surface area contributed by atoms with Crippen LogP contribution in [0.3, 0.4) is 0 Å². The summed E-state index contributed by atoms with van der Waals surface area (Å²) in [4.78, 5) is 11.7. The minimum atomic E-state index is 0.0270. The highest BCUT2D eigenvalue weighted by molar-refractivity contribution is 5.92. The van der Waals surface area contributed by atoms with Crippen molar-refractivity contribution in [3.8, 4) is 0 Å². The fourth-order valence-electron chi connectivity index (χ4n) is 1.98. The Hall–Kier alpha value is -1.35. The monoisotopic (exact) mass is 262 g/mol. The highest BCUT2D eigenvalue weighted by Crippen LogP contribution is 2.08. The third kappa shape index (κ3) is 7.62. The van der Waals surface area contributed by atoms with Crippen molar-refractivity contribution in [1.29, 1.82) is 0 Å². The van der Waals surface area contributed by atoms with E-state index in [1.807, 2.05) is 31.2 Å². The van der Waals surface area contributed by atoms with E-state index in [9.17, 15) is 4.79 Å². The van der Waals surface area contributed by atoms with Gasteiger partial charge in [-0.05, 0) is 37.6 Å². The van der Waals surface area contributed by atoms with Crippen molar-refractivity contribution >= 4 is 11.6 Å². The molecule has 3 nitrogen and oxygen atoms in total. The highest BCUT2D eigenvalue weighted by atomic mass is 16.1. The smallest absolute Gasteiger partial charge is 0.238 e. The van der Waals surface area contributed by atoms with Gasteiger partial charge in [-0.3, -0.25) is 4.79 Å². The summed E-state index contributed by atoms with van der Waals surface area (Å²) >= 11 is 0. The van der Waals surface area contributed by atoms with E-state index in [2.05, 4.69) is 17.6 Å². The van der Waals surface area contributed by atoms with Crippen LogP contribution in [-0.2, 0) is 4.79 Å². The normalized spacial score (nSPS) is 10.4. The molecule has 3 heteroatoms. The molecule has 0 heterocycles. The molecule has 0 aliphatic heterocycles. The number of amides is 1. The number of nitrogens with one attached hydrogen (secondary N) is 2. The van der Waals surface area contributed by atoms with Crippen molar-refractivity contribution < 1.29 is 4.79 Å². The van der Waals surface area contributed by atoms with Gasteiger partial charge in [-0.15, -0.1) is 0 Å². The van der Waals surface area contributed by atoms with Gasteiger partial charge >= 0.3 is 0 Å². The maximum atomic E-state index is 11.7. The van der Waals surface area contributed by atoms with Crippen molar-refractivity contribution in [3.05, 3.63) is 29.8 Å². The van der Waals surface area contributed by atoms with Crippen LogP contribution in [0.1, 0.15) is 44.6 Å². The Kier molecular flexibility index (Phi) is 7.91. The average Bonchev–Trinajstić information content (AvgIpc) is 2.37. The zero-order valence-corrected chi connectivity index (χ0v) is 12.2. The number of hydrogen-bond donors (Lipinski definition) is 2. The van der Waals surface area contributed by atoms with E-state index >= 15 is 0 Å². The predicted octanol–water partition coefficient (Wildman–Crippen LogP) is 3.49. The molecule has 1 aromatic carbocycles. The number of hydrogen-bond acceptors (Lipinski definition) is 2. The zero-order valence-electron chi connectivity index (χ0n) is 12.2. The van der Waals surface area contributed by atoms with Crippen molar-refractivity contribution in [2.24, 2.45) is 0 Å². The maximum absolute atomic E-state index is 11.7. The lowest BCUT2D eigenvalue weighted by Crippen LogP contribution is -2.28. The topological polar surface area (TPSA) is 41.1 Å². The van der Waals surface area contributed by atoms with Crippen LogP contribution in [0.5, 0.6) is 0 Å². The van der Waals surface area contributed by atoms with Gasteiger partial charge in [0.05, 0.1) is 6.54 Å². The van der Waals surface area contributed by atoms with Crippen molar-refractivity contribution in [2.45, 2.75) is 46.0 Å². The Morgan fingerprint density at radius 3 is 2.68 bits per heavy atom. The quantitative estimate of drug-likeness (QED) is 0.669. The van der Waals surface area contributed by atoms with Crippen molar-refractivity contribution in [3.63, 3.8) is 0 Å². The van der Waals surface area contributed by atoms with Crippen LogP contribution < -0.4 is 10.6 Å². The molecule has 0 unspecified atom stereocenters. The third-order valence-corrected chi connectivity index (χ3v) is 3.04. The fourth-order valence-corrected chi connectivity index (χ4v) is 1.98. The molecule has 1 rings (SSSR count). The van der Waals surface area contributed by atoms with Gasteiger partial charge in [-0.1, -0.05) is 44.7 Å². The molecule has 0 aliphatic rings. The second-order valence-electron chi connectivity index (χ2n) is 5.01. The number of rotatable bonds is 9. The predicted molar refractivity (Wildman–Crippen MR) is 81.4 cm³/mol. The molecule has 1 amide bonds. The molecule has 0 saturated heterocycles. The van der Waals surface area contributed by atoms with Gasteiger partial charge in [0.2, 0.25) is 5.91 Å². The summed E-state index contributed by atoms with van der Waals surface area (Å²) in [5.74, 6) is 0.0270. The number of unbranched alkanes of at least 4 members (excludes halogenated alkanes) is 4. The molecule has 0 atom stereocenters. The summed E-state index contributed by atoms with van der Waals surface area (Å²) in [5.41, 5.74) is 2.02. The highest BCUT2D eigenvalue weighted by Gasteiger charge is 2.01. The molecular formula is C16H26N2O. The van der Waals surface area contributed by atoms with Crippen LogP contribution in [0.2, 0.25) is 0 Å². The van der Waals surface area contributed by atoms with E-state index < -0.39 is 0 Å². The molecule has 1 aromatic rings. The molecular weight excluding hydrogens is 236 g/mol. The van der Waals surface area contributed by atoms with E-state index in [1.54, 1.807) is 0 Å². The van der Waals surface area contributed by atoms with Crippen LogP contribution in [-0.4, -0.2) is 19.0 Å². The first kappa shape index (κ1) is 15.7. The lowest BCUT2D eigenvalue weighted by Gasteiger charge is -2.07. The molecule has 0 bridgehead atoms. The molecule has 0 aliphatic carbocycles. The molecule has 0 aromatic heterocycles. The van der Waals surface area contributed by atoms with Gasteiger partial charge in [0.15, 0.2) is 0 Å². The van der Waals surface area contributed by atoms with Crippen molar-refractivity contribution in [1.82, 2.24) is 5.32 Å². The minimum Gasteiger partial charge on any atom is -0.325 e. The first-order valence-corrected chi connectivity index (χ1v) is 7.29.